The van der Waals surface area contributed by atoms with Gasteiger partial charge >= 0.3 is 0 Å². The first-order valence-electron chi connectivity index (χ1n) is 7.29. The van der Waals surface area contributed by atoms with E-state index in [0.29, 0.717) is 21.2 Å². The van der Waals surface area contributed by atoms with Crippen molar-refractivity contribution in [2.75, 3.05) is 5.73 Å². The molecular weight excluding hydrogens is 317 g/mol. The number of nitrogen functional groups attached to an aromatic ring is 1. The highest BCUT2D eigenvalue weighted by Gasteiger charge is 2.23. The zero-order valence-corrected chi connectivity index (χ0v) is 13.5. The Balaban J connectivity index is 2.39. The molecule has 22 heavy (non-hydrogen) atoms. The molecule has 0 spiro atoms. The maximum Gasteiger partial charge on any atom is 0.142 e. The Morgan fingerprint density at radius 3 is 2.41 bits per heavy atom. The van der Waals surface area contributed by atoms with Crippen molar-refractivity contribution in [2.45, 2.75) is 32.1 Å². The van der Waals surface area contributed by atoms with Crippen LogP contribution in [-0.2, 0) is 12.8 Å². The van der Waals surface area contributed by atoms with Crippen LogP contribution in [0.5, 0.6) is 0 Å². The maximum absolute atomic E-state index is 9.56. The van der Waals surface area contributed by atoms with Crippen LogP contribution >= 0.6 is 23.2 Å². The Kier molecular flexibility index (Phi) is 4.24. The minimum absolute atomic E-state index is 0.258. The van der Waals surface area contributed by atoms with Gasteiger partial charge in [0.05, 0.1) is 0 Å². The van der Waals surface area contributed by atoms with E-state index in [0.717, 1.165) is 48.9 Å². The van der Waals surface area contributed by atoms with Gasteiger partial charge in [-0.25, -0.2) is 4.98 Å². The number of nitrogens with zero attached hydrogens (tertiary/aromatic N) is 2. The van der Waals surface area contributed by atoms with Crippen LogP contribution in [0.1, 0.15) is 36.1 Å². The lowest BCUT2D eigenvalue weighted by molar-refractivity contribution is 0.709. The zero-order valence-electron chi connectivity index (χ0n) is 12.0. The van der Waals surface area contributed by atoms with Crippen LogP contribution in [-0.4, -0.2) is 4.98 Å². The van der Waals surface area contributed by atoms with E-state index in [1.807, 2.05) is 0 Å². The fourth-order valence-electron chi connectivity index (χ4n) is 3.06. The topological polar surface area (TPSA) is 62.7 Å². The van der Waals surface area contributed by atoms with Gasteiger partial charge in [0, 0.05) is 26.9 Å². The number of pyridine rings is 1. The lowest BCUT2D eigenvalue weighted by Gasteiger charge is -2.17. The number of rotatable bonds is 1. The Morgan fingerprint density at radius 2 is 1.73 bits per heavy atom. The van der Waals surface area contributed by atoms with E-state index >= 15 is 0 Å². The molecule has 1 heterocycles. The quantitative estimate of drug-likeness (QED) is 0.765. The summed E-state index contributed by atoms with van der Waals surface area (Å²) in [6.07, 6.45) is 5.04. The molecule has 2 N–H and O–H groups in total. The first-order valence-corrected chi connectivity index (χ1v) is 8.04. The molecule has 0 aliphatic heterocycles. The predicted molar refractivity (Wildman–Crippen MR) is 90.1 cm³/mol. The summed E-state index contributed by atoms with van der Waals surface area (Å²) in [4.78, 5) is 4.46. The number of nitrogens with two attached hydrogens (primary N) is 1. The molecule has 1 aromatic heterocycles. The van der Waals surface area contributed by atoms with E-state index in [9.17, 15) is 5.26 Å². The monoisotopic (exact) mass is 331 g/mol. The van der Waals surface area contributed by atoms with Crippen LogP contribution in [0.25, 0.3) is 11.1 Å². The maximum atomic E-state index is 9.56. The van der Waals surface area contributed by atoms with Crippen molar-refractivity contribution in [1.82, 2.24) is 4.98 Å². The molecule has 3 rings (SSSR count). The van der Waals surface area contributed by atoms with Gasteiger partial charge in [-0.05, 0) is 43.4 Å². The van der Waals surface area contributed by atoms with E-state index in [4.69, 9.17) is 28.9 Å². The Labute approximate surface area is 139 Å². The molecule has 0 bridgehead atoms. The van der Waals surface area contributed by atoms with Gasteiger partial charge in [0.15, 0.2) is 0 Å². The largest absolute Gasteiger partial charge is 0.383 e. The summed E-state index contributed by atoms with van der Waals surface area (Å²) in [6.45, 7) is 0. The lowest BCUT2D eigenvalue weighted by Crippen LogP contribution is -2.07. The van der Waals surface area contributed by atoms with Crippen LogP contribution in [0.2, 0.25) is 10.0 Å². The Hall–Kier alpha value is -1.76. The van der Waals surface area contributed by atoms with E-state index in [-0.39, 0.29) is 5.82 Å². The van der Waals surface area contributed by atoms with Gasteiger partial charge in [0.2, 0.25) is 0 Å². The Bertz CT molecular complexity index is 758. The van der Waals surface area contributed by atoms with Gasteiger partial charge in [0.1, 0.15) is 17.5 Å². The standard InChI is InChI=1S/C17H15Cl2N3/c18-12-6-4-7-13(19)16(12)15-10-5-2-1-3-8-14(10)22-17(21)11(15)9-20/h4,6-7H,1-3,5,8H2,(H2,21,22). The molecule has 112 valence electrons. The van der Waals surface area contributed by atoms with Crippen LogP contribution < -0.4 is 5.73 Å². The fourth-order valence-corrected chi connectivity index (χ4v) is 3.65. The Morgan fingerprint density at radius 1 is 1.05 bits per heavy atom. The van der Waals surface area contributed by atoms with Crippen molar-refractivity contribution >= 4 is 29.0 Å². The average molecular weight is 332 g/mol. The molecule has 2 aromatic rings. The summed E-state index contributed by atoms with van der Waals surface area (Å²) in [5.74, 6) is 0.258. The van der Waals surface area contributed by atoms with E-state index < -0.39 is 0 Å². The number of halogens is 2. The minimum Gasteiger partial charge on any atom is -0.383 e. The molecule has 0 unspecified atom stereocenters. The molecule has 0 amide bonds. The zero-order chi connectivity index (χ0) is 15.7. The number of hydrogen-bond acceptors (Lipinski definition) is 3. The number of aromatic nitrogens is 1. The first-order chi connectivity index (χ1) is 10.6. The molecule has 0 fully saturated rings. The van der Waals surface area contributed by atoms with Gasteiger partial charge in [0.25, 0.3) is 0 Å². The third-order valence-electron chi connectivity index (χ3n) is 4.08. The molecule has 1 aliphatic carbocycles. The first kappa shape index (κ1) is 15.1. The molecule has 5 heteroatoms. The number of anilines is 1. The normalized spacial score (nSPS) is 14.0. The predicted octanol–water partition coefficient (Wildman–Crippen LogP) is 4.78. The molecule has 0 saturated heterocycles. The highest BCUT2D eigenvalue weighted by atomic mass is 35.5. The van der Waals surface area contributed by atoms with Gasteiger partial charge in [-0.1, -0.05) is 35.7 Å². The highest BCUT2D eigenvalue weighted by Crippen LogP contribution is 2.42. The molecule has 0 radical (unpaired) electrons. The summed E-state index contributed by atoms with van der Waals surface area (Å²) in [5, 5.41) is 10.6. The average Bonchev–Trinajstić information content (AvgIpc) is 2.72. The molecule has 0 saturated carbocycles. The molecule has 1 aliphatic rings. The third kappa shape index (κ3) is 2.54. The lowest BCUT2D eigenvalue weighted by atomic mass is 9.91. The molecule has 1 aromatic carbocycles. The number of benzene rings is 1. The van der Waals surface area contributed by atoms with Crippen molar-refractivity contribution in [3.05, 3.63) is 45.1 Å². The van der Waals surface area contributed by atoms with Crippen LogP contribution in [0.15, 0.2) is 18.2 Å². The van der Waals surface area contributed by atoms with Gasteiger partial charge < -0.3 is 5.73 Å². The van der Waals surface area contributed by atoms with Crippen molar-refractivity contribution < 1.29 is 0 Å². The second-order valence-electron chi connectivity index (χ2n) is 5.44. The number of hydrogen-bond donors (Lipinski definition) is 1. The van der Waals surface area contributed by atoms with Crippen molar-refractivity contribution in [1.29, 1.82) is 5.26 Å². The van der Waals surface area contributed by atoms with Crippen molar-refractivity contribution in [3.63, 3.8) is 0 Å². The second-order valence-corrected chi connectivity index (χ2v) is 6.26. The summed E-state index contributed by atoms with van der Waals surface area (Å²) < 4.78 is 0. The fraction of sp³-hybridized carbons (Fsp3) is 0.294. The highest BCUT2D eigenvalue weighted by molar-refractivity contribution is 6.39. The van der Waals surface area contributed by atoms with E-state index in [1.165, 1.54) is 0 Å². The molecule has 0 atom stereocenters. The van der Waals surface area contributed by atoms with E-state index in [1.54, 1.807) is 18.2 Å². The molecular formula is C17H15Cl2N3. The third-order valence-corrected chi connectivity index (χ3v) is 4.71. The van der Waals surface area contributed by atoms with Gasteiger partial charge in [-0.3, -0.25) is 0 Å². The summed E-state index contributed by atoms with van der Waals surface area (Å²) in [5.41, 5.74) is 9.89. The summed E-state index contributed by atoms with van der Waals surface area (Å²) in [7, 11) is 0. The van der Waals surface area contributed by atoms with Crippen LogP contribution in [0.3, 0.4) is 0 Å². The molecule has 3 nitrogen and oxygen atoms in total. The van der Waals surface area contributed by atoms with Crippen molar-refractivity contribution in [3.8, 4) is 17.2 Å². The number of nitriles is 1. The van der Waals surface area contributed by atoms with Crippen LogP contribution in [0, 0.1) is 11.3 Å². The number of aryl methyl sites for hydroxylation is 1. The number of fused-ring (bicyclic) bond motifs is 1. The minimum atomic E-state index is 0.258. The van der Waals surface area contributed by atoms with Gasteiger partial charge in [-0.15, -0.1) is 0 Å². The van der Waals surface area contributed by atoms with Crippen molar-refractivity contribution in [2.24, 2.45) is 0 Å². The van der Waals surface area contributed by atoms with Crippen LogP contribution in [0.4, 0.5) is 5.82 Å². The summed E-state index contributed by atoms with van der Waals surface area (Å²) >= 11 is 12.7. The summed E-state index contributed by atoms with van der Waals surface area (Å²) in [6, 6.07) is 7.54. The smallest absolute Gasteiger partial charge is 0.142 e. The van der Waals surface area contributed by atoms with Gasteiger partial charge in [-0.2, -0.15) is 5.26 Å². The SMILES string of the molecule is N#Cc1c(N)nc2c(c1-c1c(Cl)cccc1Cl)CCCCC2. The second kappa shape index (κ2) is 6.16. The van der Waals surface area contributed by atoms with E-state index in [2.05, 4.69) is 11.1 Å².